The summed E-state index contributed by atoms with van der Waals surface area (Å²) in [6.45, 7) is 0.129. The van der Waals surface area contributed by atoms with Gasteiger partial charge in [0.15, 0.2) is 0 Å². The van der Waals surface area contributed by atoms with Crippen molar-refractivity contribution in [1.29, 1.82) is 0 Å². The van der Waals surface area contributed by atoms with E-state index in [-0.39, 0.29) is 18.4 Å². The summed E-state index contributed by atoms with van der Waals surface area (Å²) >= 11 is 5.57. The van der Waals surface area contributed by atoms with Crippen LogP contribution in [-0.4, -0.2) is 29.3 Å². The van der Waals surface area contributed by atoms with Gasteiger partial charge in [-0.05, 0) is 18.6 Å². The van der Waals surface area contributed by atoms with Crippen LogP contribution >= 0.6 is 11.6 Å². The molecule has 1 aromatic carbocycles. The molecule has 2 rings (SSSR count). The van der Waals surface area contributed by atoms with Gasteiger partial charge in [0.1, 0.15) is 18.1 Å². The smallest absolute Gasteiger partial charge is 0.224 e. The van der Waals surface area contributed by atoms with Gasteiger partial charge in [-0.25, -0.2) is 0 Å². The summed E-state index contributed by atoms with van der Waals surface area (Å²) < 4.78 is 5.56. The van der Waals surface area contributed by atoms with E-state index >= 15 is 0 Å². The van der Waals surface area contributed by atoms with Crippen molar-refractivity contribution in [2.75, 3.05) is 17.8 Å². The minimum absolute atomic E-state index is 0.0121. The Hall–Kier alpha value is -1.75. The number of ether oxygens (including phenoxy) is 1. The number of rotatable bonds is 4. The second-order valence-corrected chi connectivity index (χ2v) is 4.19. The summed E-state index contributed by atoms with van der Waals surface area (Å²) in [5.74, 6) is 0.805. The highest BCUT2D eigenvalue weighted by Gasteiger charge is 2.18. The van der Waals surface area contributed by atoms with Crippen LogP contribution in [0.2, 0.25) is 0 Å². The van der Waals surface area contributed by atoms with Gasteiger partial charge in [-0.3, -0.25) is 4.79 Å². The summed E-state index contributed by atoms with van der Waals surface area (Å²) in [6, 6.07) is 5.46. The molecule has 1 amide bonds. The molecule has 6 heteroatoms. The van der Waals surface area contributed by atoms with Crippen molar-refractivity contribution in [3.05, 3.63) is 23.8 Å². The maximum atomic E-state index is 11.3. The summed E-state index contributed by atoms with van der Waals surface area (Å²) in [5.41, 5.74) is 2.09. The van der Waals surface area contributed by atoms with Crippen molar-refractivity contribution in [3.63, 3.8) is 0 Å². The van der Waals surface area contributed by atoms with E-state index in [0.717, 1.165) is 11.3 Å². The number of hydrogen-bond acceptors (Lipinski definition) is 4. The van der Waals surface area contributed by atoms with E-state index in [1.807, 2.05) is 12.1 Å². The Morgan fingerprint density at radius 3 is 3.06 bits per heavy atom. The lowest BCUT2D eigenvalue weighted by atomic mass is 10.0. The molecule has 2 N–H and O–H groups in total. The number of alkyl halides is 1. The van der Waals surface area contributed by atoms with Gasteiger partial charge in [-0.1, -0.05) is 11.2 Å². The van der Waals surface area contributed by atoms with Crippen molar-refractivity contribution in [3.8, 4) is 5.75 Å². The van der Waals surface area contributed by atoms with Gasteiger partial charge < -0.3 is 15.3 Å². The molecule has 18 heavy (non-hydrogen) atoms. The number of fused-ring (bicyclic) bond motifs is 1. The molecule has 1 aliphatic rings. The van der Waals surface area contributed by atoms with Gasteiger partial charge in [0, 0.05) is 17.7 Å². The first-order chi connectivity index (χ1) is 8.74. The van der Waals surface area contributed by atoms with Crippen molar-refractivity contribution < 1.29 is 14.7 Å². The topological polar surface area (TPSA) is 70.9 Å². The molecule has 0 aromatic heterocycles. The van der Waals surface area contributed by atoms with E-state index in [1.165, 1.54) is 0 Å². The molecular weight excluding hydrogens is 256 g/mol. The summed E-state index contributed by atoms with van der Waals surface area (Å²) in [6.07, 6.45) is 1.09. The molecule has 1 aliphatic heterocycles. The van der Waals surface area contributed by atoms with Crippen molar-refractivity contribution in [2.24, 2.45) is 5.16 Å². The second-order valence-electron chi connectivity index (χ2n) is 3.92. The number of nitrogens with one attached hydrogen (secondary N) is 1. The number of carbonyl (C=O) groups excluding carboxylic acids is 1. The minimum Gasteiger partial charge on any atom is -0.487 e. The Balaban J connectivity index is 2.14. The van der Waals surface area contributed by atoms with E-state index < -0.39 is 0 Å². The Morgan fingerprint density at radius 2 is 2.33 bits per heavy atom. The normalized spacial score (nSPS) is 14.9. The number of halogens is 1. The van der Waals surface area contributed by atoms with E-state index in [1.54, 1.807) is 6.07 Å². The third kappa shape index (κ3) is 2.73. The zero-order chi connectivity index (χ0) is 13.0. The molecule has 1 aromatic rings. The van der Waals surface area contributed by atoms with Crippen LogP contribution in [0.15, 0.2) is 23.4 Å². The van der Waals surface area contributed by atoms with Crippen LogP contribution in [0.5, 0.6) is 5.75 Å². The molecule has 0 fully saturated rings. The van der Waals surface area contributed by atoms with E-state index in [2.05, 4.69) is 10.5 Å². The lowest BCUT2D eigenvalue weighted by Gasteiger charge is -2.19. The highest BCUT2D eigenvalue weighted by molar-refractivity contribution is 6.28. The summed E-state index contributed by atoms with van der Waals surface area (Å²) in [7, 11) is 0. The van der Waals surface area contributed by atoms with E-state index in [0.29, 0.717) is 24.3 Å². The average molecular weight is 269 g/mol. The summed E-state index contributed by atoms with van der Waals surface area (Å²) in [4.78, 5) is 11.3. The van der Waals surface area contributed by atoms with Gasteiger partial charge in [-0.15, -0.1) is 11.6 Å². The van der Waals surface area contributed by atoms with Gasteiger partial charge in [0.25, 0.3) is 0 Å². The highest BCUT2D eigenvalue weighted by Crippen LogP contribution is 2.30. The van der Waals surface area contributed by atoms with Gasteiger partial charge >= 0.3 is 0 Å². The quantitative estimate of drug-likeness (QED) is 0.380. The predicted octanol–water partition coefficient (Wildman–Crippen LogP) is 2.02. The average Bonchev–Trinajstić information content (AvgIpc) is 2.39. The molecule has 0 unspecified atom stereocenters. The zero-order valence-corrected chi connectivity index (χ0v) is 10.4. The van der Waals surface area contributed by atoms with Crippen molar-refractivity contribution in [2.45, 2.75) is 12.8 Å². The molecule has 0 saturated carbocycles. The fourth-order valence-electron chi connectivity index (χ4n) is 1.78. The Labute approximate surface area is 109 Å². The molecule has 0 spiro atoms. The predicted molar refractivity (Wildman–Crippen MR) is 68.8 cm³/mol. The first kappa shape index (κ1) is 12.7. The fraction of sp³-hybridized carbons (Fsp3) is 0.333. The molecule has 0 radical (unpaired) electrons. The maximum Gasteiger partial charge on any atom is 0.224 e. The first-order valence-electron chi connectivity index (χ1n) is 5.55. The SMILES string of the molecule is O=C1CCc2c(cccc2OC/C(CCl)=N\O)N1. The van der Waals surface area contributed by atoms with Crippen LogP contribution in [-0.2, 0) is 11.2 Å². The fourth-order valence-corrected chi connectivity index (χ4v) is 1.91. The van der Waals surface area contributed by atoms with Crippen LogP contribution in [0, 0.1) is 0 Å². The van der Waals surface area contributed by atoms with Gasteiger partial charge in [0.2, 0.25) is 5.91 Å². The Morgan fingerprint density at radius 1 is 1.50 bits per heavy atom. The van der Waals surface area contributed by atoms with Gasteiger partial charge in [0.05, 0.1) is 5.88 Å². The van der Waals surface area contributed by atoms with Crippen LogP contribution in [0.25, 0.3) is 0 Å². The number of oxime groups is 1. The molecule has 0 bridgehead atoms. The Bertz CT molecular complexity index is 488. The van der Waals surface area contributed by atoms with E-state index in [9.17, 15) is 4.79 Å². The molecule has 0 aliphatic carbocycles. The standard InChI is InChI=1S/C12H13ClN2O3/c13-6-8(15-17)7-18-11-3-1-2-10-9(11)4-5-12(16)14-10/h1-3,17H,4-7H2,(H,14,16)/b15-8-. The minimum atomic E-state index is 0.0121. The Kier molecular flexibility index (Phi) is 4.04. The number of hydrogen-bond donors (Lipinski definition) is 2. The molecule has 0 saturated heterocycles. The highest BCUT2D eigenvalue weighted by atomic mass is 35.5. The number of anilines is 1. The van der Waals surface area contributed by atoms with Crippen LogP contribution in [0.1, 0.15) is 12.0 Å². The lowest BCUT2D eigenvalue weighted by molar-refractivity contribution is -0.116. The molecule has 1 heterocycles. The maximum absolute atomic E-state index is 11.3. The lowest BCUT2D eigenvalue weighted by Crippen LogP contribution is -2.20. The number of amides is 1. The monoisotopic (exact) mass is 268 g/mol. The van der Waals surface area contributed by atoms with Crippen molar-refractivity contribution in [1.82, 2.24) is 0 Å². The molecule has 5 nitrogen and oxygen atoms in total. The first-order valence-corrected chi connectivity index (χ1v) is 6.08. The van der Waals surface area contributed by atoms with Crippen molar-refractivity contribution >= 4 is 28.9 Å². The van der Waals surface area contributed by atoms with Crippen LogP contribution in [0.3, 0.4) is 0 Å². The third-order valence-electron chi connectivity index (χ3n) is 2.70. The third-order valence-corrected chi connectivity index (χ3v) is 3.01. The zero-order valence-electron chi connectivity index (χ0n) is 9.65. The van der Waals surface area contributed by atoms with Crippen LogP contribution < -0.4 is 10.1 Å². The second kappa shape index (κ2) is 5.73. The number of benzene rings is 1. The summed E-state index contributed by atoms with van der Waals surface area (Å²) in [5, 5.41) is 14.5. The largest absolute Gasteiger partial charge is 0.487 e. The molecular formula is C12H13ClN2O3. The van der Waals surface area contributed by atoms with E-state index in [4.69, 9.17) is 21.5 Å². The molecule has 0 atom stereocenters. The van der Waals surface area contributed by atoms with Gasteiger partial charge in [-0.2, -0.15) is 0 Å². The number of carbonyl (C=O) groups is 1. The molecule has 96 valence electrons. The number of nitrogens with zero attached hydrogens (tertiary/aromatic N) is 1. The van der Waals surface area contributed by atoms with Crippen LogP contribution in [0.4, 0.5) is 5.69 Å².